The second-order valence-electron chi connectivity index (χ2n) is 6.70. The summed E-state index contributed by atoms with van der Waals surface area (Å²) in [5, 5.41) is 0. The lowest BCUT2D eigenvalue weighted by Crippen LogP contribution is -2.45. The maximum Gasteiger partial charge on any atom is 0.0678 e. The first-order chi connectivity index (χ1) is 9.72. The summed E-state index contributed by atoms with van der Waals surface area (Å²) in [7, 11) is 0. The molecule has 1 fully saturated rings. The molecule has 0 bridgehead atoms. The molecule has 0 N–H and O–H groups in total. The van der Waals surface area contributed by atoms with Gasteiger partial charge >= 0.3 is 0 Å². The minimum Gasteiger partial charge on any atom is -0.373 e. The van der Waals surface area contributed by atoms with E-state index in [0.29, 0.717) is 12.2 Å². The van der Waals surface area contributed by atoms with E-state index in [9.17, 15) is 0 Å². The lowest BCUT2D eigenvalue weighted by Gasteiger charge is -2.35. The van der Waals surface area contributed by atoms with Crippen LogP contribution in [0.15, 0.2) is 0 Å². The van der Waals surface area contributed by atoms with Crippen molar-refractivity contribution >= 4 is 0 Å². The van der Waals surface area contributed by atoms with Gasteiger partial charge in [-0.3, -0.25) is 4.90 Å². The molecule has 2 atom stereocenters. The zero-order valence-electron chi connectivity index (χ0n) is 14.2. The van der Waals surface area contributed by atoms with Crippen LogP contribution in [0.25, 0.3) is 0 Å². The molecule has 0 aliphatic carbocycles. The standard InChI is InChI=1S/C18H37NO/c1-4-5-6-7-8-9-10-11-12-13-14-19-15-17(2)20-18(3)16-19/h17-18H,4-16H2,1-3H3/t17-,18-/m1/s1. The minimum atomic E-state index is 0.418. The van der Waals surface area contributed by atoms with Gasteiger partial charge in [0.1, 0.15) is 0 Å². The van der Waals surface area contributed by atoms with Gasteiger partial charge in [-0.25, -0.2) is 0 Å². The van der Waals surface area contributed by atoms with Crippen LogP contribution in [0.3, 0.4) is 0 Å². The zero-order valence-corrected chi connectivity index (χ0v) is 14.2. The molecule has 0 aromatic heterocycles. The molecule has 120 valence electrons. The lowest BCUT2D eigenvalue weighted by molar-refractivity contribution is -0.0681. The van der Waals surface area contributed by atoms with E-state index in [2.05, 4.69) is 25.7 Å². The Balaban J connectivity index is 1.85. The second-order valence-corrected chi connectivity index (χ2v) is 6.70. The summed E-state index contributed by atoms with van der Waals surface area (Å²) in [4.78, 5) is 2.59. The van der Waals surface area contributed by atoms with Crippen LogP contribution in [0, 0.1) is 0 Å². The van der Waals surface area contributed by atoms with Crippen molar-refractivity contribution in [3.63, 3.8) is 0 Å². The summed E-state index contributed by atoms with van der Waals surface area (Å²) in [5.41, 5.74) is 0. The quantitative estimate of drug-likeness (QED) is 0.494. The molecule has 1 heterocycles. The Morgan fingerprint density at radius 1 is 0.750 bits per heavy atom. The predicted octanol–water partition coefficient (Wildman–Crippen LogP) is 5.02. The highest BCUT2D eigenvalue weighted by molar-refractivity contribution is 4.72. The number of morpholine rings is 1. The first-order valence-corrected chi connectivity index (χ1v) is 9.10. The average Bonchev–Trinajstić information content (AvgIpc) is 2.40. The van der Waals surface area contributed by atoms with Gasteiger partial charge in [0.05, 0.1) is 12.2 Å². The third-order valence-electron chi connectivity index (χ3n) is 4.32. The van der Waals surface area contributed by atoms with Crippen molar-refractivity contribution in [2.75, 3.05) is 19.6 Å². The highest BCUT2D eigenvalue weighted by atomic mass is 16.5. The van der Waals surface area contributed by atoms with Crippen molar-refractivity contribution in [3.05, 3.63) is 0 Å². The van der Waals surface area contributed by atoms with Gasteiger partial charge in [-0.2, -0.15) is 0 Å². The number of unbranched alkanes of at least 4 members (excludes halogenated alkanes) is 9. The Kier molecular flexibility index (Phi) is 10.4. The van der Waals surface area contributed by atoms with Crippen molar-refractivity contribution in [2.45, 2.75) is 97.2 Å². The van der Waals surface area contributed by atoms with E-state index in [-0.39, 0.29) is 0 Å². The average molecular weight is 284 g/mol. The number of hydrogen-bond donors (Lipinski definition) is 0. The lowest BCUT2D eigenvalue weighted by atomic mass is 10.1. The number of ether oxygens (including phenoxy) is 1. The van der Waals surface area contributed by atoms with Crippen LogP contribution in [0.5, 0.6) is 0 Å². The fraction of sp³-hybridized carbons (Fsp3) is 1.00. The molecule has 0 saturated carbocycles. The van der Waals surface area contributed by atoms with E-state index in [0.717, 1.165) is 13.1 Å². The van der Waals surface area contributed by atoms with Gasteiger partial charge in [-0.15, -0.1) is 0 Å². The Bertz CT molecular complexity index is 209. The first-order valence-electron chi connectivity index (χ1n) is 9.10. The van der Waals surface area contributed by atoms with E-state index in [1.165, 1.54) is 70.8 Å². The van der Waals surface area contributed by atoms with Gasteiger partial charge in [-0.05, 0) is 26.8 Å². The van der Waals surface area contributed by atoms with Crippen molar-refractivity contribution in [1.82, 2.24) is 4.90 Å². The van der Waals surface area contributed by atoms with E-state index >= 15 is 0 Å². The number of rotatable bonds is 11. The van der Waals surface area contributed by atoms with Crippen molar-refractivity contribution in [2.24, 2.45) is 0 Å². The van der Waals surface area contributed by atoms with Crippen LogP contribution in [-0.2, 0) is 4.74 Å². The van der Waals surface area contributed by atoms with Crippen molar-refractivity contribution in [3.8, 4) is 0 Å². The summed E-state index contributed by atoms with van der Waals surface area (Å²) in [6.45, 7) is 10.2. The van der Waals surface area contributed by atoms with Gasteiger partial charge < -0.3 is 4.74 Å². The molecule has 1 aliphatic rings. The first kappa shape index (κ1) is 18.0. The number of hydrogen-bond acceptors (Lipinski definition) is 2. The van der Waals surface area contributed by atoms with Crippen molar-refractivity contribution in [1.29, 1.82) is 0 Å². The van der Waals surface area contributed by atoms with E-state index < -0.39 is 0 Å². The van der Waals surface area contributed by atoms with Crippen LogP contribution in [0.4, 0.5) is 0 Å². The Morgan fingerprint density at radius 3 is 1.70 bits per heavy atom. The van der Waals surface area contributed by atoms with Gasteiger partial charge in [0.25, 0.3) is 0 Å². The summed E-state index contributed by atoms with van der Waals surface area (Å²) in [5.74, 6) is 0. The van der Waals surface area contributed by atoms with Gasteiger partial charge in [0.15, 0.2) is 0 Å². The molecule has 1 rings (SSSR count). The fourth-order valence-electron chi connectivity index (χ4n) is 3.29. The predicted molar refractivity (Wildman–Crippen MR) is 88.3 cm³/mol. The summed E-state index contributed by atoms with van der Waals surface area (Å²) in [6, 6.07) is 0. The molecule has 0 radical (unpaired) electrons. The fourth-order valence-corrected chi connectivity index (χ4v) is 3.29. The smallest absolute Gasteiger partial charge is 0.0678 e. The van der Waals surface area contributed by atoms with Crippen LogP contribution < -0.4 is 0 Å². The topological polar surface area (TPSA) is 12.5 Å². The van der Waals surface area contributed by atoms with Gasteiger partial charge in [0, 0.05) is 13.1 Å². The molecule has 2 nitrogen and oxygen atoms in total. The summed E-state index contributed by atoms with van der Waals surface area (Å²) >= 11 is 0. The minimum absolute atomic E-state index is 0.418. The normalized spacial score (nSPS) is 24.1. The molecule has 0 aromatic carbocycles. The van der Waals surface area contributed by atoms with E-state index in [1.807, 2.05) is 0 Å². The Labute approximate surface area is 127 Å². The molecule has 20 heavy (non-hydrogen) atoms. The highest BCUT2D eigenvalue weighted by Gasteiger charge is 2.21. The maximum absolute atomic E-state index is 5.77. The molecule has 1 aliphatic heterocycles. The molecule has 1 saturated heterocycles. The summed E-state index contributed by atoms with van der Waals surface area (Å²) in [6.07, 6.45) is 15.1. The maximum atomic E-state index is 5.77. The SMILES string of the molecule is CCCCCCCCCCCCN1C[C@@H](C)O[C@H](C)C1. The van der Waals surface area contributed by atoms with E-state index in [1.54, 1.807) is 0 Å². The molecule has 2 heteroatoms. The third-order valence-corrected chi connectivity index (χ3v) is 4.32. The van der Waals surface area contributed by atoms with E-state index in [4.69, 9.17) is 4.74 Å². The second kappa shape index (κ2) is 11.6. The largest absolute Gasteiger partial charge is 0.373 e. The Morgan fingerprint density at radius 2 is 1.20 bits per heavy atom. The third kappa shape index (κ3) is 8.97. The summed E-state index contributed by atoms with van der Waals surface area (Å²) < 4.78 is 5.77. The van der Waals surface area contributed by atoms with Crippen LogP contribution in [0.1, 0.15) is 85.0 Å². The zero-order chi connectivity index (χ0) is 14.6. The highest BCUT2D eigenvalue weighted by Crippen LogP contribution is 2.13. The molecule has 0 unspecified atom stereocenters. The number of nitrogens with zero attached hydrogens (tertiary/aromatic N) is 1. The van der Waals surface area contributed by atoms with Gasteiger partial charge in [0.2, 0.25) is 0 Å². The molecule has 0 aromatic rings. The molecule has 0 spiro atoms. The monoisotopic (exact) mass is 283 g/mol. The molecular weight excluding hydrogens is 246 g/mol. The van der Waals surface area contributed by atoms with Gasteiger partial charge in [-0.1, -0.05) is 64.7 Å². The molecule has 0 amide bonds. The van der Waals surface area contributed by atoms with Crippen LogP contribution in [0.2, 0.25) is 0 Å². The van der Waals surface area contributed by atoms with Crippen LogP contribution in [-0.4, -0.2) is 36.7 Å². The van der Waals surface area contributed by atoms with Crippen LogP contribution >= 0.6 is 0 Å². The molecular formula is C18H37NO. The Hall–Kier alpha value is -0.0800. The van der Waals surface area contributed by atoms with Crippen molar-refractivity contribution < 1.29 is 4.74 Å².